The Bertz CT molecular complexity index is 723. The van der Waals surface area contributed by atoms with Gasteiger partial charge in [-0.15, -0.1) is 0 Å². The van der Waals surface area contributed by atoms with E-state index >= 15 is 0 Å². The topological polar surface area (TPSA) is 73.2 Å². The lowest BCUT2D eigenvalue weighted by atomic mass is 10.2. The number of nitrogens with one attached hydrogen (secondary N) is 1. The van der Waals surface area contributed by atoms with Crippen LogP contribution in [0.25, 0.3) is 5.69 Å². The van der Waals surface area contributed by atoms with E-state index in [1.807, 2.05) is 13.8 Å². The van der Waals surface area contributed by atoms with Crippen molar-refractivity contribution < 1.29 is 14.3 Å². The smallest absolute Gasteiger partial charge is 0.325 e. The third-order valence-corrected chi connectivity index (χ3v) is 3.82. The summed E-state index contributed by atoms with van der Waals surface area (Å²) in [5.74, 6) is -0.800. The van der Waals surface area contributed by atoms with Gasteiger partial charge in [0.1, 0.15) is 6.54 Å². The Morgan fingerprint density at radius 3 is 2.43 bits per heavy atom. The number of benzene rings is 1. The molecule has 0 radical (unpaired) electrons. The zero-order valence-electron chi connectivity index (χ0n) is 13.2. The van der Waals surface area contributed by atoms with E-state index in [1.165, 1.54) is 0 Å². The molecule has 0 saturated carbocycles. The summed E-state index contributed by atoms with van der Waals surface area (Å²) in [5, 5.41) is 7.49. The van der Waals surface area contributed by atoms with Gasteiger partial charge in [-0.2, -0.15) is 5.10 Å². The summed E-state index contributed by atoms with van der Waals surface area (Å²) in [7, 11) is 0. The molecule has 0 aliphatic carbocycles. The molecule has 1 N–H and O–H groups in total. The van der Waals surface area contributed by atoms with Gasteiger partial charge in [-0.1, -0.05) is 11.6 Å². The lowest BCUT2D eigenvalue weighted by molar-refractivity contribution is -0.141. The van der Waals surface area contributed by atoms with Crippen LogP contribution in [0.4, 0.5) is 0 Å². The van der Waals surface area contributed by atoms with Gasteiger partial charge in [0, 0.05) is 5.56 Å². The van der Waals surface area contributed by atoms with Crippen molar-refractivity contribution in [2.24, 2.45) is 0 Å². The van der Waals surface area contributed by atoms with Gasteiger partial charge in [-0.3, -0.25) is 9.59 Å². The van der Waals surface area contributed by atoms with E-state index in [-0.39, 0.29) is 19.1 Å². The van der Waals surface area contributed by atoms with Crippen LogP contribution in [0, 0.1) is 13.8 Å². The van der Waals surface area contributed by atoms with Gasteiger partial charge in [0.25, 0.3) is 5.91 Å². The van der Waals surface area contributed by atoms with Crippen LogP contribution in [0.2, 0.25) is 5.02 Å². The van der Waals surface area contributed by atoms with Crippen LogP contribution in [-0.2, 0) is 9.53 Å². The fraction of sp³-hybridized carbons (Fsp3) is 0.312. The van der Waals surface area contributed by atoms with E-state index in [1.54, 1.807) is 35.9 Å². The number of carbonyl (C=O) groups excluding carboxylic acids is 2. The number of rotatable bonds is 5. The van der Waals surface area contributed by atoms with Crippen molar-refractivity contribution in [3.8, 4) is 5.69 Å². The van der Waals surface area contributed by atoms with Crippen LogP contribution in [0.15, 0.2) is 24.3 Å². The van der Waals surface area contributed by atoms with Gasteiger partial charge in [-0.05, 0) is 45.0 Å². The number of amides is 1. The van der Waals surface area contributed by atoms with Gasteiger partial charge in [0.2, 0.25) is 0 Å². The van der Waals surface area contributed by atoms with Crippen molar-refractivity contribution in [2.45, 2.75) is 20.8 Å². The molecule has 2 aromatic rings. The minimum absolute atomic E-state index is 0.151. The molecule has 2 rings (SSSR count). The predicted molar refractivity (Wildman–Crippen MR) is 87.0 cm³/mol. The maximum Gasteiger partial charge on any atom is 0.325 e. The molecule has 1 heterocycles. The molecule has 0 fully saturated rings. The summed E-state index contributed by atoms with van der Waals surface area (Å²) in [6, 6.07) is 6.88. The highest BCUT2D eigenvalue weighted by molar-refractivity contribution is 6.31. The zero-order valence-corrected chi connectivity index (χ0v) is 14.0. The van der Waals surface area contributed by atoms with Gasteiger partial charge >= 0.3 is 5.97 Å². The highest BCUT2D eigenvalue weighted by Gasteiger charge is 2.12. The van der Waals surface area contributed by atoms with Gasteiger partial charge in [-0.25, -0.2) is 4.68 Å². The Hall–Kier alpha value is -2.34. The number of aromatic nitrogens is 2. The Balaban J connectivity index is 2.08. The monoisotopic (exact) mass is 335 g/mol. The molecule has 0 bridgehead atoms. The largest absolute Gasteiger partial charge is 0.465 e. The Morgan fingerprint density at radius 2 is 1.91 bits per heavy atom. The lowest BCUT2D eigenvalue weighted by Gasteiger charge is -2.07. The molecule has 0 spiro atoms. The van der Waals surface area contributed by atoms with Crippen LogP contribution >= 0.6 is 11.6 Å². The summed E-state index contributed by atoms with van der Waals surface area (Å²) in [6.45, 7) is 5.56. The minimum atomic E-state index is -0.463. The molecule has 7 heteroatoms. The van der Waals surface area contributed by atoms with E-state index in [2.05, 4.69) is 10.4 Å². The van der Waals surface area contributed by atoms with E-state index in [9.17, 15) is 9.59 Å². The number of aryl methyl sites for hydroxylation is 1. The third-order valence-electron chi connectivity index (χ3n) is 3.28. The van der Waals surface area contributed by atoms with E-state index in [0.717, 1.165) is 17.1 Å². The van der Waals surface area contributed by atoms with E-state index in [0.29, 0.717) is 10.6 Å². The van der Waals surface area contributed by atoms with Crippen molar-refractivity contribution in [2.75, 3.05) is 13.2 Å². The third kappa shape index (κ3) is 3.90. The lowest BCUT2D eigenvalue weighted by Crippen LogP contribution is -2.30. The molecule has 0 atom stereocenters. The molecular weight excluding hydrogens is 318 g/mol. The molecule has 1 aromatic heterocycles. The molecule has 0 unspecified atom stereocenters. The number of halogens is 1. The second-order valence-corrected chi connectivity index (χ2v) is 5.31. The molecule has 0 aliphatic heterocycles. The summed E-state index contributed by atoms with van der Waals surface area (Å²) in [5.41, 5.74) is 2.84. The fourth-order valence-electron chi connectivity index (χ4n) is 2.10. The van der Waals surface area contributed by atoms with Crippen LogP contribution in [0.3, 0.4) is 0 Å². The molecule has 1 amide bonds. The highest BCUT2D eigenvalue weighted by atomic mass is 35.5. The number of nitrogens with zero attached hydrogens (tertiary/aromatic N) is 2. The Labute approximate surface area is 139 Å². The summed E-state index contributed by atoms with van der Waals surface area (Å²) < 4.78 is 6.47. The average molecular weight is 336 g/mol. The molecule has 1 aromatic carbocycles. The first kappa shape index (κ1) is 17.0. The highest BCUT2D eigenvalue weighted by Crippen LogP contribution is 2.22. The van der Waals surface area contributed by atoms with Gasteiger partial charge in [0.15, 0.2) is 0 Å². The SMILES string of the molecule is CCOC(=O)CNC(=O)c1ccc(-n2nc(C)c(Cl)c2C)cc1. The van der Waals surface area contributed by atoms with Crippen molar-refractivity contribution in [3.63, 3.8) is 0 Å². The standard InChI is InChI=1S/C16H18ClN3O3/c1-4-23-14(21)9-18-16(22)12-5-7-13(8-6-12)20-11(3)15(17)10(2)19-20/h5-8H,4,9H2,1-3H3,(H,18,22). The second-order valence-electron chi connectivity index (χ2n) is 4.93. The second kappa shape index (κ2) is 7.28. The van der Waals surface area contributed by atoms with Crippen LogP contribution in [0.5, 0.6) is 0 Å². The zero-order chi connectivity index (χ0) is 17.0. The molecule has 0 aliphatic rings. The normalized spacial score (nSPS) is 10.4. The van der Waals surface area contributed by atoms with Crippen LogP contribution in [-0.4, -0.2) is 34.8 Å². The summed E-state index contributed by atoms with van der Waals surface area (Å²) >= 11 is 6.14. The molecule has 0 saturated heterocycles. The molecule has 6 nitrogen and oxygen atoms in total. The first-order valence-corrected chi connectivity index (χ1v) is 7.57. The Morgan fingerprint density at radius 1 is 1.26 bits per heavy atom. The number of ether oxygens (including phenoxy) is 1. The maximum absolute atomic E-state index is 12.0. The molecular formula is C16H18ClN3O3. The predicted octanol–water partition coefficient (Wildman–Crippen LogP) is 2.44. The number of hydrogen-bond donors (Lipinski definition) is 1. The van der Waals surface area contributed by atoms with Crippen molar-refractivity contribution in [1.29, 1.82) is 0 Å². The van der Waals surface area contributed by atoms with Gasteiger partial charge in [0.05, 0.1) is 28.7 Å². The van der Waals surface area contributed by atoms with Crippen LogP contribution < -0.4 is 5.32 Å². The number of hydrogen-bond acceptors (Lipinski definition) is 4. The average Bonchev–Trinajstić information content (AvgIpc) is 2.80. The van der Waals surface area contributed by atoms with Gasteiger partial charge < -0.3 is 10.1 Å². The Kier molecular flexibility index (Phi) is 5.39. The van der Waals surface area contributed by atoms with E-state index < -0.39 is 5.97 Å². The minimum Gasteiger partial charge on any atom is -0.465 e. The van der Waals surface area contributed by atoms with Crippen molar-refractivity contribution in [1.82, 2.24) is 15.1 Å². The van der Waals surface area contributed by atoms with Crippen molar-refractivity contribution >= 4 is 23.5 Å². The summed E-state index contributed by atoms with van der Waals surface area (Å²) in [4.78, 5) is 23.2. The number of carbonyl (C=O) groups is 2. The molecule has 23 heavy (non-hydrogen) atoms. The quantitative estimate of drug-likeness (QED) is 0.852. The van der Waals surface area contributed by atoms with Crippen molar-refractivity contribution in [3.05, 3.63) is 46.2 Å². The fourth-order valence-corrected chi connectivity index (χ4v) is 2.21. The first-order chi connectivity index (χ1) is 10.9. The summed E-state index contributed by atoms with van der Waals surface area (Å²) in [6.07, 6.45) is 0. The first-order valence-electron chi connectivity index (χ1n) is 7.20. The number of esters is 1. The van der Waals surface area contributed by atoms with E-state index in [4.69, 9.17) is 16.3 Å². The van der Waals surface area contributed by atoms with Crippen LogP contribution in [0.1, 0.15) is 28.7 Å². The molecule has 122 valence electrons. The maximum atomic E-state index is 12.0.